The van der Waals surface area contributed by atoms with E-state index >= 15 is 0 Å². The largest absolute Gasteiger partial charge is 0.469 e. The number of carbonyl (C=O) groups excluding carboxylic acids is 1. The van der Waals surface area contributed by atoms with Gasteiger partial charge in [0.15, 0.2) is 0 Å². The molecule has 0 aliphatic rings. The van der Waals surface area contributed by atoms with Gasteiger partial charge in [0.1, 0.15) is 6.33 Å². The third kappa shape index (κ3) is 3.00. The van der Waals surface area contributed by atoms with E-state index in [0.29, 0.717) is 5.95 Å². The molecule has 2 rings (SSSR count). The van der Waals surface area contributed by atoms with E-state index in [9.17, 15) is 4.79 Å². The van der Waals surface area contributed by atoms with Crippen molar-refractivity contribution in [2.75, 3.05) is 7.11 Å². The standard InChI is InChI=1S/C12H12N4O2/c1-18-11(17)4-2-3-10-7-14-12(15-8-10)16-6-5-13-9-16/h2-3,5-9H,4H2,1H3. The number of carbonyl (C=O) groups is 1. The minimum atomic E-state index is -0.276. The van der Waals surface area contributed by atoms with Gasteiger partial charge in [-0.15, -0.1) is 0 Å². The van der Waals surface area contributed by atoms with Crippen LogP contribution in [0.15, 0.2) is 37.2 Å². The van der Waals surface area contributed by atoms with Crippen molar-refractivity contribution < 1.29 is 9.53 Å². The van der Waals surface area contributed by atoms with E-state index in [-0.39, 0.29) is 12.4 Å². The van der Waals surface area contributed by atoms with E-state index in [2.05, 4.69) is 19.7 Å². The lowest BCUT2D eigenvalue weighted by Gasteiger charge is -1.99. The topological polar surface area (TPSA) is 69.9 Å². The van der Waals surface area contributed by atoms with Gasteiger partial charge in [0.2, 0.25) is 5.95 Å². The molecular formula is C12H12N4O2. The van der Waals surface area contributed by atoms with Gasteiger partial charge in [-0.25, -0.2) is 15.0 Å². The van der Waals surface area contributed by atoms with Gasteiger partial charge in [-0.3, -0.25) is 9.36 Å². The van der Waals surface area contributed by atoms with Crippen molar-refractivity contribution in [2.24, 2.45) is 0 Å². The van der Waals surface area contributed by atoms with Crippen LogP contribution >= 0.6 is 0 Å². The Morgan fingerprint density at radius 1 is 1.44 bits per heavy atom. The first kappa shape index (κ1) is 12.0. The Bertz CT molecular complexity index is 532. The van der Waals surface area contributed by atoms with Gasteiger partial charge in [0.05, 0.1) is 13.5 Å². The summed E-state index contributed by atoms with van der Waals surface area (Å²) in [6.07, 6.45) is 12.1. The van der Waals surface area contributed by atoms with E-state index in [1.54, 1.807) is 47.8 Å². The number of imidazole rings is 1. The van der Waals surface area contributed by atoms with E-state index in [1.165, 1.54) is 7.11 Å². The lowest BCUT2D eigenvalue weighted by Crippen LogP contribution is -1.98. The van der Waals surface area contributed by atoms with Crippen LogP contribution in [-0.4, -0.2) is 32.6 Å². The van der Waals surface area contributed by atoms with Crippen LogP contribution in [0.2, 0.25) is 0 Å². The first-order valence-electron chi connectivity index (χ1n) is 5.33. The van der Waals surface area contributed by atoms with E-state index < -0.39 is 0 Å². The lowest BCUT2D eigenvalue weighted by molar-refractivity contribution is -0.139. The lowest BCUT2D eigenvalue weighted by atomic mass is 10.3. The second-order valence-corrected chi connectivity index (χ2v) is 3.47. The van der Waals surface area contributed by atoms with Crippen LogP contribution in [0, 0.1) is 0 Å². The fourth-order valence-electron chi connectivity index (χ4n) is 1.30. The summed E-state index contributed by atoms with van der Waals surface area (Å²) in [5, 5.41) is 0. The van der Waals surface area contributed by atoms with E-state index in [0.717, 1.165) is 5.56 Å². The number of methoxy groups -OCH3 is 1. The number of aromatic nitrogens is 4. The van der Waals surface area contributed by atoms with Gasteiger partial charge >= 0.3 is 5.97 Å². The molecule has 0 saturated carbocycles. The number of esters is 1. The average Bonchev–Trinajstić information content (AvgIpc) is 2.93. The predicted octanol–water partition coefficient (Wildman–Crippen LogP) is 1.24. The molecule has 0 spiro atoms. The van der Waals surface area contributed by atoms with Gasteiger partial charge in [-0.05, 0) is 0 Å². The van der Waals surface area contributed by atoms with Gasteiger partial charge in [-0.1, -0.05) is 12.2 Å². The van der Waals surface area contributed by atoms with Crippen LogP contribution in [0.5, 0.6) is 0 Å². The molecule has 0 N–H and O–H groups in total. The third-order valence-electron chi connectivity index (χ3n) is 2.22. The molecule has 2 heterocycles. The smallest absolute Gasteiger partial charge is 0.309 e. The zero-order valence-corrected chi connectivity index (χ0v) is 9.85. The Hall–Kier alpha value is -2.50. The van der Waals surface area contributed by atoms with Gasteiger partial charge in [0, 0.05) is 30.4 Å². The summed E-state index contributed by atoms with van der Waals surface area (Å²) in [7, 11) is 1.36. The highest BCUT2D eigenvalue weighted by Crippen LogP contribution is 2.03. The average molecular weight is 244 g/mol. The summed E-state index contributed by atoms with van der Waals surface area (Å²) in [6.45, 7) is 0. The number of rotatable bonds is 4. The Morgan fingerprint density at radius 3 is 2.83 bits per heavy atom. The minimum Gasteiger partial charge on any atom is -0.469 e. The van der Waals surface area contributed by atoms with Crippen LogP contribution in [0.25, 0.3) is 12.0 Å². The van der Waals surface area contributed by atoms with Gasteiger partial charge in [-0.2, -0.15) is 0 Å². The second-order valence-electron chi connectivity index (χ2n) is 3.47. The molecule has 18 heavy (non-hydrogen) atoms. The molecule has 2 aromatic heterocycles. The summed E-state index contributed by atoms with van der Waals surface area (Å²) >= 11 is 0. The zero-order valence-electron chi connectivity index (χ0n) is 9.85. The summed E-state index contributed by atoms with van der Waals surface area (Å²) < 4.78 is 6.23. The number of nitrogens with zero attached hydrogens (tertiary/aromatic N) is 4. The van der Waals surface area contributed by atoms with Crippen molar-refractivity contribution in [2.45, 2.75) is 6.42 Å². The van der Waals surface area contributed by atoms with Crippen LogP contribution < -0.4 is 0 Å². The molecule has 6 nitrogen and oxygen atoms in total. The highest BCUT2D eigenvalue weighted by atomic mass is 16.5. The van der Waals surface area contributed by atoms with Crippen molar-refractivity contribution in [3.8, 4) is 5.95 Å². The first-order chi connectivity index (χ1) is 8.79. The summed E-state index contributed by atoms with van der Waals surface area (Å²) in [6, 6.07) is 0. The quantitative estimate of drug-likeness (QED) is 0.757. The highest BCUT2D eigenvalue weighted by molar-refractivity contribution is 5.72. The molecule has 2 aromatic rings. The summed E-state index contributed by atoms with van der Waals surface area (Å²) in [5.41, 5.74) is 0.822. The van der Waals surface area contributed by atoms with Crippen LogP contribution in [-0.2, 0) is 9.53 Å². The van der Waals surface area contributed by atoms with Crippen LogP contribution in [0.4, 0.5) is 0 Å². The third-order valence-corrected chi connectivity index (χ3v) is 2.22. The molecule has 0 saturated heterocycles. The van der Waals surface area contributed by atoms with Crippen LogP contribution in [0.1, 0.15) is 12.0 Å². The molecule has 0 aromatic carbocycles. The van der Waals surface area contributed by atoms with Crippen molar-refractivity contribution in [3.63, 3.8) is 0 Å². The molecule has 0 atom stereocenters. The molecule has 0 unspecified atom stereocenters. The monoisotopic (exact) mass is 244 g/mol. The normalized spacial score (nSPS) is 10.7. The maximum Gasteiger partial charge on any atom is 0.309 e. The van der Waals surface area contributed by atoms with Crippen molar-refractivity contribution in [1.29, 1.82) is 0 Å². The maximum atomic E-state index is 10.9. The molecule has 0 radical (unpaired) electrons. The van der Waals surface area contributed by atoms with Crippen molar-refractivity contribution in [1.82, 2.24) is 19.5 Å². The fraction of sp³-hybridized carbons (Fsp3) is 0.167. The summed E-state index contributed by atoms with van der Waals surface area (Å²) in [5.74, 6) is 0.278. The number of hydrogen-bond donors (Lipinski definition) is 0. The molecular weight excluding hydrogens is 232 g/mol. The summed E-state index contributed by atoms with van der Waals surface area (Å²) in [4.78, 5) is 23.2. The van der Waals surface area contributed by atoms with Crippen molar-refractivity contribution >= 4 is 12.0 Å². The Balaban J connectivity index is 2.02. The molecule has 0 aliphatic carbocycles. The SMILES string of the molecule is COC(=O)CC=Cc1cnc(-n2ccnc2)nc1. The molecule has 92 valence electrons. The van der Waals surface area contributed by atoms with Gasteiger partial charge < -0.3 is 4.74 Å². The number of ether oxygens (including phenoxy) is 1. The Morgan fingerprint density at radius 2 is 2.22 bits per heavy atom. The van der Waals surface area contributed by atoms with Crippen molar-refractivity contribution in [3.05, 3.63) is 42.8 Å². The maximum absolute atomic E-state index is 10.9. The zero-order chi connectivity index (χ0) is 12.8. The van der Waals surface area contributed by atoms with E-state index in [4.69, 9.17) is 0 Å². The first-order valence-corrected chi connectivity index (χ1v) is 5.33. The van der Waals surface area contributed by atoms with E-state index in [1.807, 2.05) is 0 Å². The Kier molecular flexibility index (Phi) is 3.80. The van der Waals surface area contributed by atoms with Gasteiger partial charge in [0.25, 0.3) is 0 Å². The molecule has 0 fully saturated rings. The molecule has 0 bridgehead atoms. The predicted molar refractivity (Wildman–Crippen MR) is 64.8 cm³/mol. The number of hydrogen-bond acceptors (Lipinski definition) is 5. The molecule has 0 amide bonds. The molecule has 0 aliphatic heterocycles. The van der Waals surface area contributed by atoms with Crippen LogP contribution in [0.3, 0.4) is 0 Å². The fourth-order valence-corrected chi connectivity index (χ4v) is 1.30. The molecule has 6 heteroatoms. The minimum absolute atomic E-state index is 0.236. The Labute approximate surface area is 104 Å². The second kappa shape index (κ2) is 5.72. The highest BCUT2D eigenvalue weighted by Gasteiger charge is 1.98.